The van der Waals surface area contributed by atoms with Crippen molar-refractivity contribution in [2.45, 2.75) is 18.9 Å². The van der Waals surface area contributed by atoms with Gasteiger partial charge >= 0.3 is 5.97 Å². The maximum atomic E-state index is 12.9. The monoisotopic (exact) mass is 335 g/mol. The second-order valence-corrected chi connectivity index (χ2v) is 5.64. The highest BCUT2D eigenvalue weighted by Gasteiger charge is 2.30. The van der Waals surface area contributed by atoms with Crippen LogP contribution >= 0.6 is 0 Å². The summed E-state index contributed by atoms with van der Waals surface area (Å²) in [6.07, 6.45) is 1.28. The lowest BCUT2D eigenvalue weighted by atomic mass is 9.99. The van der Waals surface area contributed by atoms with Gasteiger partial charge < -0.3 is 15.2 Å². The molecule has 0 saturated heterocycles. The molecular formula is C16H18FN3O4. The summed E-state index contributed by atoms with van der Waals surface area (Å²) in [5.74, 6) is -1.93. The average Bonchev–Trinajstić information content (AvgIpc) is 2.97. The van der Waals surface area contributed by atoms with Crippen molar-refractivity contribution in [1.82, 2.24) is 15.1 Å². The predicted octanol–water partition coefficient (Wildman–Crippen LogP) is 1.62. The fraction of sp³-hybridized carbons (Fsp3) is 0.312. The first-order valence-corrected chi connectivity index (χ1v) is 7.18. The number of rotatable bonds is 7. The minimum absolute atomic E-state index is 0.0453. The molecule has 0 aliphatic carbocycles. The van der Waals surface area contributed by atoms with Crippen LogP contribution in [0, 0.1) is 5.82 Å². The van der Waals surface area contributed by atoms with E-state index in [1.807, 2.05) is 0 Å². The lowest BCUT2D eigenvalue weighted by molar-refractivity contribution is -0.139. The molecule has 0 radical (unpaired) electrons. The first kappa shape index (κ1) is 17.6. The van der Waals surface area contributed by atoms with Gasteiger partial charge in [0.15, 0.2) is 5.69 Å². The molecule has 1 unspecified atom stereocenters. The van der Waals surface area contributed by atoms with E-state index < -0.39 is 17.4 Å². The smallest absolute Gasteiger partial charge is 0.305 e. The van der Waals surface area contributed by atoms with Crippen molar-refractivity contribution in [2.75, 3.05) is 13.7 Å². The topological polar surface area (TPSA) is 93.5 Å². The second kappa shape index (κ2) is 7.22. The van der Waals surface area contributed by atoms with Gasteiger partial charge in [0.2, 0.25) is 0 Å². The minimum atomic E-state index is -1.06. The van der Waals surface area contributed by atoms with Gasteiger partial charge in [0, 0.05) is 13.3 Å². The van der Waals surface area contributed by atoms with Crippen molar-refractivity contribution < 1.29 is 23.8 Å². The van der Waals surface area contributed by atoms with E-state index in [2.05, 4.69) is 10.4 Å². The van der Waals surface area contributed by atoms with Gasteiger partial charge in [-0.3, -0.25) is 9.59 Å². The van der Waals surface area contributed by atoms with Gasteiger partial charge in [-0.2, -0.15) is 5.10 Å². The van der Waals surface area contributed by atoms with Crippen LogP contribution in [0.5, 0.6) is 0 Å². The van der Waals surface area contributed by atoms with Gasteiger partial charge in [-0.15, -0.1) is 0 Å². The maximum Gasteiger partial charge on any atom is 0.305 e. The molecule has 0 saturated carbocycles. The first-order chi connectivity index (χ1) is 11.3. The molecule has 128 valence electrons. The van der Waals surface area contributed by atoms with Gasteiger partial charge in [0.05, 0.1) is 24.3 Å². The van der Waals surface area contributed by atoms with Crippen molar-refractivity contribution >= 4 is 11.9 Å². The number of aromatic nitrogens is 2. The Morgan fingerprint density at radius 2 is 2.00 bits per heavy atom. The van der Waals surface area contributed by atoms with Gasteiger partial charge in [-0.05, 0) is 37.3 Å². The van der Waals surface area contributed by atoms with Crippen molar-refractivity contribution in [3.63, 3.8) is 0 Å². The molecule has 1 heterocycles. The number of carbonyl (C=O) groups is 2. The number of hydrogen-bond donors (Lipinski definition) is 2. The maximum absolute atomic E-state index is 12.9. The molecule has 0 bridgehead atoms. The third kappa shape index (κ3) is 4.39. The molecule has 7 nitrogen and oxygen atoms in total. The van der Waals surface area contributed by atoms with Crippen LogP contribution < -0.4 is 5.32 Å². The number of carboxylic acids is 1. The normalized spacial score (nSPS) is 13.3. The van der Waals surface area contributed by atoms with Crippen LogP contribution in [0.3, 0.4) is 0 Å². The second-order valence-electron chi connectivity index (χ2n) is 5.64. The quantitative estimate of drug-likeness (QED) is 0.802. The summed E-state index contributed by atoms with van der Waals surface area (Å²) in [5.41, 5.74) is -0.343. The number of carboxylic acid groups (broad SMARTS) is 1. The molecule has 0 fully saturated rings. The summed E-state index contributed by atoms with van der Waals surface area (Å²) in [6, 6.07) is 7.14. The average molecular weight is 335 g/mol. The van der Waals surface area contributed by atoms with Gasteiger partial charge in [0.25, 0.3) is 5.91 Å². The highest BCUT2D eigenvalue weighted by atomic mass is 19.1. The summed E-state index contributed by atoms with van der Waals surface area (Å²) < 4.78 is 19.4. The van der Waals surface area contributed by atoms with E-state index in [4.69, 9.17) is 9.84 Å². The molecule has 2 N–H and O–H groups in total. The lowest BCUT2D eigenvalue weighted by Crippen LogP contribution is -2.50. The fourth-order valence-corrected chi connectivity index (χ4v) is 2.30. The summed E-state index contributed by atoms with van der Waals surface area (Å²) in [6.45, 7) is 1.63. The number of aliphatic carboxylic acids is 1. The molecule has 2 rings (SSSR count). The van der Waals surface area contributed by atoms with E-state index in [9.17, 15) is 14.0 Å². The van der Waals surface area contributed by atoms with Gasteiger partial charge in [0.1, 0.15) is 5.82 Å². The Bertz CT molecular complexity index is 729. The zero-order valence-electron chi connectivity index (χ0n) is 13.3. The highest BCUT2D eigenvalue weighted by molar-refractivity contribution is 5.93. The number of hydrogen-bond acceptors (Lipinski definition) is 4. The zero-order valence-corrected chi connectivity index (χ0v) is 13.3. The molecule has 0 aliphatic heterocycles. The van der Waals surface area contributed by atoms with E-state index in [0.29, 0.717) is 5.69 Å². The number of nitrogens with one attached hydrogen (secondary N) is 1. The third-order valence-electron chi connectivity index (χ3n) is 3.33. The van der Waals surface area contributed by atoms with Crippen LogP contribution in [0.4, 0.5) is 4.39 Å². The molecule has 0 aliphatic rings. The van der Waals surface area contributed by atoms with Gasteiger partial charge in [-0.25, -0.2) is 9.07 Å². The molecule has 24 heavy (non-hydrogen) atoms. The zero-order chi connectivity index (χ0) is 17.7. The number of carbonyl (C=O) groups excluding carboxylic acids is 1. The van der Waals surface area contributed by atoms with Crippen LogP contribution in [0.1, 0.15) is 23.8 Å². The lowest BCUT2D eigenvalue weighted by Gasteiger charge is -2.28. The standard InChI is InChI=1S/C16H18FN3O4/c1-16(10-24-2,9-14(21)22)18-15(23)13-7-8-20(19-13)12-5-3-11(17)4-6-12/h3-8H,9-10H2,1-2H3,(H,18,23)(H,21,22). The van der Waals surface area contributed by atoms with Crippen LogP contribution in [0.25, 0.3) is 5.69 Å². The minimum Gasteiger partial charge on any atom is -0.481 e. The Morgan fingerprint density at radius 1 is 1.33 bits per heavy atom. The third-order valence-corrected chi connectivity index (χ3v) is 3.33. The Labute approximate surface area is 138 Å². The van der Waals surface area contributed by atoms with E-state index in [1.54, 1.807) is 13.1 Å². The van der Waals surface area contributed by atoms with Gasteiger partial charge in [-0.1, -0.05) is 0 Å². The number of nitrogens with zero attached hydrogens (tertiary/aromatic N) is 2. The van der Waals surface area contributed by atoms with Crippen LogP contribution in [-0.4, -0.2) is 46.0 Å². The first-order valence-electron chi connectivity index (χ1n) is 7.18. The van der Waals surface area contributed by atoms with Crippen molar-refractivity contribution in [3.8, 4) is 5.69 Å². The fourth-order valence-electron chi connectivity index (χ4n) is 2.30. The molecule has 1 atom stereocenters. The van der Waals surface area contributed by atoms with Crippen LogP contribution in [0.2, 0.25) is 0 Å². The molecule has 1 amide bonds. The summed E-state index contributed by atoms with van der Waals surface area (Å²) in [7, 11) is 1.43. The molecule has 0 spiro atoms. The van der Waals surface area contributed by atoms with E-state index in [1.165, 1.54) is 42.1 Å². The number of ether oxygens (including phenoxy) is 1. The SMILES string of the molecule is COCC(C)(CC(=O)O)NC(=O)c1ccn(-c2ccc(F)cc2)n1. The van der Waals surface area contributed by atoms with E-state index >= 15 is 0 Å². The number of methoxy groups -OCH3 is 1. The summed E-state index contributed by atoms with van der Waals surface area (Å²) >= 11 is 0. The van der Waals surface area contributed by atoms with Crippen LogP contribution in [-0.2, 0) is 9.53 Å². The van der Waals surface area contributed by atoms with Crippen molar-refractivity contribution in [3.05, 3.63) is 48.0 Å². The molecule has 2 aromatic rings. The van der Waals surface area contributed by atoms with Crippen molar-refractivity contribution in [2.24, 2.45) is 0 Å². The predicted molar refractivity (Wildman–Crippen MR) is 83.5 cm³/mol. The number of benzene rings is 1. The molecule has 1 aromatic carbocycles. The Kier molecular flexibility index (Phi) is 5.30. The number of amides is 1. The summed E-state index contributed by atoms with van der Waals surface area (Å²) in [5, 5.41) is 15.7. The molecular weight excluding hydrogens is 317 g/mol. The van der Waals surface area contributed by atoms with Crippen LogP contribution in [0.15, 0.2) is 36.5 Å². The van der Waals surface area contributed by atoms with E-state index in [-0.39, 0.29) is 24.5 Å². The largest absolute Gasteiger partial charge is 0.481 e. The summed E-state index contributed by atoms with van der Waals surface area (Å²) in [4.78, 5) is 23.3. The Hall–Kier alpha value is -2.74. The Balaban J connectivity index is 2.15. The number of halogens is 1. The molecule has 1 aromatic heterocycles. The Morgan fingerprint density at radius 3 is 2.58 bits per heavy atom. The highest BCUT2D eigenvalue weighted by Crippen LogP contribution is 2.13. The molecule has 8 heteroatoms. The van der Waals surface area contributed by atoms with Crippen molar-refractivity contribution in [1.29, 1.82) is 0 Å². The van der Waals surface area contributed by atoms with E-state index in [0.717, 1.165) is 0 Å².